The smallest absolute Gasteiger partial charge is 0.416 e. The third kappa shape index (κ3) is 4.57. The molecule has 4 aromatic rings. The molecule has 0 amide bonds. The zero-order valence-electron chi connectivity index (χ0n) is 18.2. The van der Waals surface area contributed by atoms with Crippen LogP contribution >= 0.6 is 0 Å². The lowest BCUT2D eigenvalue weighted by Crippen LogP contribution is -2.11. The van der Waals surface area contributed by atoms with Crippen molar-refractivity contribution in [3.05, 3.63) is 82.8 Å². The average Bonchev–Trinajstić information content (AvgIpc) is 3.17. The van der Waals surface area contributed by atoms with Crippen LogP contribution in [0.15, 0.2) is 54.6 Å². The Morgan fingerprint density at radius 3 is 2.33 bits per heavy atom. The normalized spacial score (nSPS) is 12.7. The van der Waals surface area contributed by atoms with Crippen molar-refractivity contribution in [2.75, 3.05) is 0 Å². The second-order valence-electron chi connectivity index (χ2n) is 7.69. The summed E-state index contributed by atoms with van der Waals surface area (Å²) in [6.07, 6.45) is -4.42. The maximum Gasteiger partial charge on any atom is 0.416 e. The zero-order chi connectivity index (χ0) is 23.8. The van der Waals surface area contributed by atoms with Gasteiger partial charge in [0.25, 0.3) is 0 Å². The summed E-state index contributed by atoms with van der Waals surface area (Å²) in [5, 5.41) is 4.83. The summed E-state index contributed by atoms with van der Waals surface area (Å²) >= 11 is 0. The fourth-order valence-corrected chi connectivity index (χ4v) is 3.55. The number of Topliss-reactive ketones (excluding diaryl/α,β-unsaturated/α-hetero) is 1. The Kier molecular flexibility index (Phi) is 5.88. The van der Waals surface area contributed by atoms with Gasteiger partial charge in [-0.25, -0.2) is 9.67 Å². The van der Waals surface area contributed by atoms with Gasteiger partial charge in [-0.2, -0.15) is 23.3 Å². The molecular formula is C24H21F3N4O2. The topological polar surface area (TPSA) is 69.9 Å². The first-order chi connectivity index (χ1) is 15.6. The molecule has 0 fully saturated rings. The van der Waals surface area contributed by atoms with Gasteiger partial charge in [-0.15, -0.1) is 0 Å². The minimum absolute atomic E-state index is 0.145. The summed E-state index contributed by atoms with van der Waals surface area (Å²) in [5.74, 6) is 0.356. The predicted molar refractivity (Wildman–Crippen MR) is 116 cm³/mol. The Morgan fingerprint density at radius 1 is 1.06 bits per heavy atom. The number of ketones is 1. The van der Waals surface area contributed by atoms with Gasteiger partial charge in [0.2, 0.25) is 5.88 Å². The van der Waals surface area contributed by atoms with Gasteiger partial charge in [-0.1, -0.05) is 42.5 Å². The number of ether oxygens (including phenoxy) is 1. The standard InChI is InChI=1S/C24H21F3N4O2/c1-14(18-9-11-19(12-10-18)24(25,26)27)31-22-20(21(30-31)15(2)32)23(29-16(3)28-22)33-13-17-7-5-4-6-8-17/h4-12,14H,13H2,1-3H3. The number of hydrogen-bond donors (Lipinski definition) is 0. The molecule has 170 valence electrons. The molecule has 2 aromatic carbocycles. The number of nitrogens with zero attached hydrogens (tertiary/aromatic N) is 4. The highest BCUT2D eigenvalue weighted by molar-refractivity contribution is 6.05. The summed E-state index contributed by atoms with van der Waals surface area (Å²) in [6, 6.07) is 13.9. The van der Waals surface area contributed by atoms with Crippen LogP contribution < -0.4 is 4.74 Å². The maximum atomic E-state index is 12.9. The third-order valence-electron chi connectivity index (χ3n) is 5.27. The van der Waals surface area contributed by atoms with E-state index < -0.39 is 17.8 Å². The number of hydrogen-bond acceptors (Lipinski definition) is 5. The van der Waals surface area contributed by atoms with Crippen LogP contribution in [0.3, 0.4) is 0 Å². The Morgan fingerprint density at radius 2 is 1.73 bits per heavy atom. The molecule has 1 unspecified atom stereocenters. The molecule has 0 N–H and O–H groups in total. The first-order valence-corrected chi connectivity index (χ1v) is 10.3. The molecule has 0 bridgehead atoms. The molecule has 4 rings (SSSR count). The summed E-state index contributed by atoms with van der Waals surface area (Å²) in [4.78, 5) is 21.2. The van der Waals surface area contributed by atoms with E-state index in [1.807, 2.05) is 30.3 Å². The van der Waals surface area contributed by atoms with Gasteiger partial charge in [0.15, 0.2) is 11.4 Å². The molecule has 2 aromatic heterocycles. The Bertz CT molecular complexity index is 1300. The molecule has 1 atom stereocenters. The fraction of sp³-hybridized carbons (Fsp3) is 0.250. The molecule has 33 heavy (non-hydrogen) atoms. The van der Waals surface area contributed by atoms with Crippen LogP contribution in [0, 0.1) is 6.92 Å². The van der Waals surface area contributed by atoms with Crippen molar-refractivity contribution >= 4 is 16.8 Å². The van der Waals surface area contributed by atoms with Gasteiger partial charge in [-0.3, -0.25) is 4.79 Å². The zero-order valence-corrected chi connectivity index (χ0v) is 18.2. The highest BCUT2D eigenvalue weighted by Crippen LogP contribution is 2.33. The molecule has 0 saturated heterocycles. The van der Waals surface area contributed by atoms with E-state index in [4.69, 9.17) is 4.74 Å². The number of benzene rings is 2. The summed E-state index contributed by atoms with van der Waals surface area (Å²) < 4.78 is 46.3. The number of fused-ring (bicyclic) bond motifs is 1. The third-order valence-corrected chi connectivity index (χ3v) is 5.27. The molecule has 2 heterocycles. The Labute approximate surface area is 188 Å². The van der Waals surface area contributed by atoms with Crippen molar-refractivity contribution in [1.82, 2.24) is 19.7 Å². The molecule has 0 aliphatic heterocycles. The summed E-state index contributed by atoms with van der Waals surface area (Å²) in [5.41, 5.74) is 1.31. The van der Waals surface area contributed by atoms with Crippen LogP contribution in [-0.4, -0.2) is 25.5 Å². The quantitative estimate of drug-likeness (QED) is 0.358. The van der Waals surface area contributed by atoms with E-state index >= 15 is 0 Å². The van der Waals surface area contributed by atoms with Crippen LogP contribution in [0.2, 0.25) is 0 Å². The summed E-state index contributed by atoms with van der Waals surface area (Å²) in [6.45, 7) is 5.10. The largest absolute Gasteiger partial charge is 0.472 e. The molecule has 6 nitrogen and oxygen atoms in total. The fourth-order valence-electron chi connectivity index (χ4n) is 3.55. The highest BCUT2D eigenvalue weighted by Gasteiger charge is 2.30. The number of halogens is 3. The first kappa shape index (κ1) is 22.4. The summed E-state index contributed by atoms with van der Waals surface area (Å²) in [7, 11) is 0. The van der Waals surface area contributed by atoms with Gasteiger partial charge < -0.3 is 4.74 Å². The van der Waals surface area contributed by atoms with Crippen molar-refractivity contribution < 1.29 is 22.7 Å². The SMILES string of the molecule is CC(=O)c1nn(C(C)c2ccc(C(F)(F)F)cc2)c2nc(C)nc(OCc3ccccc3)c12. The van der Waals surface area contributed by atoms with E-state index in [9.17, 15) is 18.0 Å². The van der Waals surface area contributed by atoms with Crippen molar-refractivity contribution in [1.29, 1.82) is 0 Å². The molecule has 9 heteroatoms. The van der Waals surface area contributed by atoms with Crippen LogP contribution in [0.5, 0.6) is 5.88 Å². The minimum Gasteiger partial charge on any atom is -0.472 e. The number of carbonyl (C=O) groups excluding carboxylic acids is 1. The van der Waals surface area contributed by atoms with Crippen molar-refractivity contribution in [2.24, 2.45) is 0 Å². The van der Waals surface area contributed by atoms with Gasteiger partial charge >= 0.3 is 6.18 Å². The van der Waals surface area contributed by atoms with Gasteiger partial charge in [0, 0.05) is 6.92 Å². The molecule has 0 aliphatic rings. The van der Waals surface area contributed by atoms with Crippen LogP contribution in [0.1, 0.15) is 52.9 Å². The number of aromatic nitrogens is 4. The monoisotopic (exact) mass is 454 g/mol. The van der Waals surface area contributed by atoms with E-state index in [1.165, 1.54) is 23.7 Å². The lowest BCUT2D eigenvalue weighted by Gasteiger charge is -2.15. The average molecular weight is 454 g/mol. The first-order valence-electron chi connectivity index (χ1n) is 10.3. The molecule has 0 aliphatic carbocycles. The van der Waals surface area contributed by atoms with Gasteiger partial charge in [0.05, 0.1) is 11.6 Å². The minimum atomic E-state index is -4.42. The van der Waals surface area contributed by atoms with E-state index in [2.05, 4.69) is 15.1 Å². The van der Waals surface area contributed by atoms with Crippen LogP contribution in [0.25, 0.3) is 11.0 Å². The second-order valence-corrected chi connectivity index (χ2v) is 7.69. The molecule has 0 radical (unpaired) electrons. The number of carbonyl (C=O) groups is 1. The lowest BCUT2D eigenvalue weighted by atomic mass is 10.1. The van der Waals surface area contributed by atoms with Crippen LogP contribution in [0.4, 0.5) is 13.2 Å². The van der Waals surface area contributed by atoms with E-state index in [0.29, 0.717) is 22.4 Å². The lowest BCUT2D eigenvalue weighted by molar-refractivity contribution is -0.137. The molecule has 0 saturated carbocycles. The van der Waals surface area contributed by atoms with E-state index in [0.717, 1.165) is 17.7 Å². The van der Waals surface area contributed by atoms with Crippen molar-refractivity contribution in [3.63, 3.8) is 0 Å². The predicted octanol–water partition coefficient (Wildman–Crippen LogP) is 5.54. The van der Waals surface area contributed by atoms with Crippen molar-refractivity contribution in [2.45, 2.75) is 39.6 Å². The highest BCUT2D eigenvalue weighted by atomic mass is 19.4. The number of alkyl halides is 3. The van der Waals surface area contributed by atoms with Crippen LogP contribution in [-0.2, 0) is 12.8 Å². The molecular weight excluding hydrogens is 433 g/mol. The van der Waals surface area contributed by atoms with E-state index in [1.54, 1.807) is 13.8 Å². The maximum absolute atomic E-state index is 12.9. The Hall–Kier alpha value is -3.75. The second kappa shape index (κ2) is 8.65. The van der Waals surface area contributed by atoms with Gasteiger partial charge in [-0.05, 0) is 37.1 Å². The van der Waals surface area contributed by atoms with Gasteiger partial charge in [0.1, 0.15) is 23.5 Å². The van der Waals surface area contributed by atoms with Crippen molar-refractivity contribution in [3.8, 4) is 5.88 Å². The number of rotatable bonds is 6. The number of aryl methyl sites for hydroxylation is 1. The van der Waals surface area contributed by atoms with E-state index in [-0.39, 0.29) is 24.0 Å². The Balaban J connectivity index is 1.78. The molecule has 0 spiro atoms.